The van der Waals surface area contributed by atoms with E-state index in [0.29, 0.717) is 0 Å². The fraction of sp³-hybridized carbons (Fsp3) is 0.263. The van der Waals surface area contributed by atoms with Crippen LogP contribution >= 0.6 is 0 Å². The molecule has 1 atom stereocenters. The van der Waals surface area contributed by atoms with E-state index >= 15 is 0 Å². The monoisotopic (exact) mass is 294 g/mol. The van der Waals surface area contributed by atoms with Gasteiger partial charge in [0.2, 0.25) is 0 Å². The Bertz CT molecular complexity index is 685. The van der Waals surface area contributed by atoms with Crippen molar-refractivity contribution in [2.45, 2.75) is 6.04 Å². The Morgan fingerprint density at radius 2 is 1.73 bits per heavy atom. The summed E-state index contributed by atoms with van der Waals surface area (Å²) in [5.74, 6) is 0.964. The van der Waals surface area contributed by atoms with Crippen molar-refractivity contribution in [2.24, 2.45) is 0 Å². The first-order valence-corrected chi connectivity index (χ1v) is 7.65. The molecular formula is C19H22N2O. The molecule has 3 rings (SSSR count). The molecule has 1 heterocycles. The van der Waals surface area contributed by atoms with Crippen LogP contribution in [0, 0.1) is 0 Å². The van der Waals surface area contributed by atoms with Crippen LogP contribution in [0.5, 0.6) is 0 Å². The van der Waals surface area contributed by atoms with Crippen LogP contribution in [0.25, 0.3) is 11.0 Å². The molecule has 0 bridgehead atoms. The van der Waals surface area contributed by atoms with E-state index in [9.17, 15) is 0 Å². The largest absolute Gasteiger partial charge is 0.459 e. The minimum absolute atomic E-state index is 0.0774. The number of likely N-dealkylation sites (N-methyl/N-ethyl adjacent to an activating group) is 1. The summed E-state index contributed by atoms with van der Waals surface area (Å²) < 4.78 is 6.07. The van der Waals surface area contributed by atoms with Crippen molar-refractivity contribution in [3.8, 4) is 0 Å². The lowest BCUT2D eigenvalue weighted by Gasteiger charge is -2.18. The molecular weight excluding hydrogens is 272 g/mol. The molecule has 114 valence electrons. The Morgan fingerprint density at radius 1 is 1.00 bits per heavy atom. The molecule has 3 heteroatoms. The van der Waals surface area contributed by atoms with Gasteiger partial charge in [-0.1, -0.05) is 48.5 Å². The molecule has 0 saturated heterocycles. The maximum atomic E-state index is 6.07. The molecule has 3 aromatic rings. The molecule has 2 aromatic carbocycles. The topological polar surface area (TPSA) is 28.4 Å². The highest BCUT2D eigenvalue weighted by molar-refractivity contribution is 5.77. The zero-order chi connectivity index (χ0) is 15.4. The van der Waals surface area contributed by atoms with Crippen LogP contribution in [0.15, 0.2) is 65.1 Å². The molecule has 0 spiro atoms. The van der Waals surface area contributed by atoms with Gasteiger partial charge in [-0.3, -0.25) is 0 Å². The molecule has 0 amide bonds. The fourth-order valence-corrected chi connectivity index (χ4v) is 2.61. The van der Waals surface area contributed by atoms with Crippen LogP contribution in [-0.4, -0.2) is 32.1 Å². The van der Waals surface area contributed by atoms with Gasteiger partial charge in [0, 0.05) is 18.5 Å². The number of fused-ring (bicyclic) bond motifs is 1. The lowest BCUT2D eigenvalue weighted by molar-refractivity contribution is 0.381. The van der Waals surface area contributed by atoms with Crippen molar-refractivity contribution in [3.63, 3.8) is 0 Å². The van der Waals surface area contributed by atoms with Gasteiger partial charge in [-0.05, 0) is 31.8 Å². The van der Waals surface area contributed by atoms with Crippen LogP contribution in [0.1, 0.15) is 17.4 Å². The third-order valence-corrected chi connectivity index (χ3v) is 3.77. The number of hydrogen-bond donors (Lipinski definition) is 1. The SMILES string of the molecule is CN(C)CCNC(c1ccccc1)c1cc2ccccc2o1. The van der Waals surface area contributed by atoms with Gasteiger partial charge in [0.1, 0.15) is 11.3 Å². The number of benzene rings is 2. The minimum atomic E-state index is 0.0774. The molecule has 1 unspecified atom stereocenters. The molecule has 1 N–H and O–H groups in total. The Balaban J connectivity index is 1.90. The van der Waals surface area contributed by atoms with Crippen molar-refractivity contribution in [1.29, 1.82) is 0 Å². The van der Waals surface area contributed by atoms with Crippen molar-refractivity contribution in [3.05, 3.63) is 72.0 Å². The van der Waals surface area contributed by atoms with E-state index in [2.05, 4.69) is 60.7 Å². The molecule has 0 aliphatic carbocycles. The maximum Gasteiger partial charge on any atom is 0.134 e. The first-order valence-electron chi connectivity index (χ1n) is 7.65. The van der Waals surface area contributed by atoms with Gasteiger partial charge >= 0.3 is 0 Å². The van der Waals surface area contributed by atoms with E-state index in [1.54, 1.807) is 0 Å². The smallest absolute Gasteiger partial charge is 0.134 e. The molecule has 22 heavy (non-hydrogen) atoms. The standard InChI is InChI=1S/C19H22N2O/c1-21(2)13-12-20-19(15-8-4-3-5-9-15)18-14-16-10-6-7-11-17(16)22-18/h3-11,14,19-20H,12-13H2,1-2H3. The summed E-state index contributed by atoms with van der Waals surface area (Å²) in [5, 5.41) is 4.76. The molecule has 3 nitrogen and oxygen atoms in total. The molecule has 0 aliphatic rings. The summed E-state index contributed by atoms with van der Waals surface area (Å²) in [4.78, 5) is 2.17. The van der Waals surface area contributed by atoms with E-state index in [0.717, 1.165) is 29.8 Å². The first-order chi connectivity index (χ1) is 10.7. The Hall–Kier alpha value is -2.10. The second-order valence-corrected chi connectivity index (χ2v) is 5.79. The van der Waals surface area contributed by atoms with Gasteiger partial charge < -0.3 is 14.6 Å². The third kappa shape index (κ3) is 3.38. The lowest BCUT2D eigenvalue weighted by atomic mass is 10.0. The summed E-state index contributed by atoms with van der Waals surface area (Å²) >= 11 is 0. The minimum Gasteiger partial charge on any atom is -0.459 e. The summed E-state index contributed by atoms with van der Waals surface area (Å²) in [6, 6.07) is 20.8. The highest BCUT2D eigenvalue weighted by atomic mass is 16.3. The highest BCUT2D eigenvalue weighted by Gasteiger charge is 2.17. The number of rotatable bonds is 6. The van der Waals surface area contributed by atoms with E-state index in [1.807, 2.05) is 24.3 Å². The predicted molar refractivity (Wildman–Crippen MR) is 91.1 cm³/mol. The number of nitrogens with zero attached hydrogens (tertiary/aromatic N) is 1. The normalized spacial score (nSPS) is 12.9. The summed E-state index contributed by atoms with van der Waals surface area (Å²) in [7, 11) is 4.17. The van der Waals surface area contributed by atoms with Gasteiger partial charge in [-0.15, -0.1) is 0 Å². The zero-order valence-electron chi connectivity index (χ0n) is 13.1. The number of nitrogens with one attached hydrogen (secondary N) is 1. The molecule has 0 fully saturated rings. The van der Waals surface area contributed by atoms with Crippen LogP contribution in [0.4, 0.5) is 0 Å². The average Bonchev–Trinajstić information content (AvgIpc) is 2.95. The first kappa shape index (κ1) is 14.8. The van der Waals surface area contributed by atoms with Crippen LogP contribution < -0.4 is 5.32 Å². The van der Waals surface area contributed by atoms with Crippen molar-refractivity contribution in [1.82, 2.24) is 10.2 Å². The van der Waals surface area contributed by atoms with Gasteiger partial charge in [0.15, 0.2) is 0 Å². The molecule has 0 saturated carbocycles. The number of para-hydroxylation sites is 1. The van der Waals surface area contributed by atoms with Crippen molar-refractivity contribution in [2.75, 3.05) is 27.2 Å². The summed E-state index contributed by atoms with van der Waals surface area (Å²) in [5.41, 5.74) is 2.16. The average molecular weight is 294 g/mol. The Kier molecular flexibility index (Phi) is 4.56. The summed E-state index contributed by atoms with van der Waals surface area (Å²) in [6.45, 7) is 1.90. The van der Waals surface area contributed by atoms with Crippen molar-refractivity contribution >= 4 is 11.0 Å². The van der Waals surface area contributed by atoms with Crippen LogP contribution in [0.2, 0.25) is 0 Å². The number of hydrogen-bond acceptors (Lipinski definition) is 3. The zero-order valence-corrected chi connectivity index (χ0v) is 13.1. The molecule has 0 aliphatic heterocycles. The number of furan rings is 1. The predicted octanol–water partition coefficient (Wildman–Crippen LogP) is 3.67. The Labute approximate surface area is 131 Å². The van der Waals surface area contributed by atoms with Gasteiger partial charge in [0.05, 0.1) is 6.04 Å². The molecule has 1 aromatic heterocycles. The van der Waals surface area contributed by atoms with E-state index in [-0.39, 0.29) is 6.04 Å². The van der Waals surface area contributed by atoms with E-state index in [1.165, 1.54) is 5.56 Å². The van der Waals surface area contributed by atoms with Gasteiger partial charge in [0.25, 0.3) is 0 Å². The second kappa shape index (κ2) is 6.77. The lowest BCUT2D eigenvalue weighted by Crippen LogP contribution is -2.30. The van der Waals surface area contributed by atoms with E-state index in [4.69, 9.17) is 4.42 Å². The van der Waals surface area contributed by atoms with Gasteiger partial charge in [-0.25, -0.2) is 0 Å². The second-order valence-electron chi connectivity index (χ2n) is 5.79. The van der Waals surface area contributed by atoms with Crippen LogP contribution in [0.3, 0.4) is 0 Å². The van der Waals surface area contributed by atoms with Crippen molar-refractivity contribution < 1.29 is 4.42 Å². The third-order valence-electron chi connectivity index (χ3n) is 3.77. The maximum absolute atomic E-state index is 6.07. The summed E-state index contributed by atoms with van der Waals surface area (Å²) in [6.07, 6.45) is 0. The quantitative estimate of drug-likeness (QED) is 0.752. The fourth-order valence-electron chi connectivity index (χ4n) is 2.61. The molecule has 0 radical (unpaired) electrons. The van der Waals surface area contributed by atoms with Gasteiger partial charge in [-0.2, -0.15) is 0 Å². The highest BCUT2D eigenvalue weighted by Crippen LogP contribution is 2.28. The van der Waals surface area contributed by atoms with E-state index < -0.39 is 0 Å². The Morgan fingerprint density at radius 3 is 2.45 bits per heavy atom. The van der Waals surface area contributed by atoms with Crippen LogP contribution in [-0.2, 0) is 0 Å².